The maximum Gasteiger partial charge on any atom is 0.333 e. The molecule has 0 saturated heterocycles. The van der Waals surface area contributed by atoms with E-state index in [2.05, 4.69) is 17.9 Å². The van der Waals surface area contributed by atoms with Crippen molar-refractivity contribution in [3.05, 3.63) is 60.7 Å². The molecule has 0 amide bonds. The van der Waals surface area contributed by atoms with Crippen LogP contribution in [0.2, 0.25) is 0 Å². The number of benzene rings is 1. The quantitative estimate of drug-likeness (QED) is 0.654. The molecule has 0 radical (unpaired) electrons. The second kappa shape index (κ2) is 9.65. The van der Waals surface area contributed by atoms with Crippen molar-refractivity contribution in [3.8, 4) is 0 Å². The summed E-state index contributed by atoms with van der Waals surface area (Å²) in [5, 5.41) is 7.60. The Morgan fingerprint density at radius 3 is 2.26 bits per heavy atom. The van der Waals surface area contributed by atoms with E-state index in [9.17, 15) is 9.59 Å². The maximum absolute atomic E-state index is 11.0. The third-order valence-electron chi connectivity index (χ3n) is 2.21. The second-order valence-corrected chi connectivity index (χ2v) is 3.62. The first-order chi connectivity index (χ1) is 9.01. The Balaban J connectivity index is 0.000000555. The van der Waals surface area contributed by atoms with Crippen molar-refractivity contribution in [1.29, 1.82) is 0 Å². The van der Waals surface area contributed by atoms with Crippen molar-refractivity contribution in [1.82, 2.24) is 0 Å². The molecule has 0 fully saturated rings. The fourth-order valence-electron chi connectivity index (χ4n) is 1.19. The predicted octanol–water partition coefficient (Wildman–Crippen LogP) is 2.61. The van der Waals surface area contributed by atoms with Crippen LogP contribution in [-0.4, -0.2) is 24.2 Å². The van der Waals surface area contributed by atoms with Crippen LogP contribution in [-0.2, 0) is 20.7 Å². The number of carboxylic acids is 1. The van der Waals surface area contributed by atoms with E-state index in [1.807, 2.05) is 30.3 Å². The van der Waals surface area contributed by atoms with Crippen LogP contribution in [0.15, 0.2) is 55.1 Å². The molecule has 1 aromatic rings. The third-order valence-corrected chi connectivity index (χ3v) is 2.21. The van der Waals surface area contributed by atoms with E-state index in [0.717, 1.165) is 12.5 Å². The lowest BCUT2D eigenvalue weighted by Crippen LogP contribution is -2.04. The van der Waals surface area contributed by atoms with Gasteiger partial charge in [-0.25, -0.2) is 9.59 Å². The molecule has 0 atom stereocenters. The van der Waals surface area contributed by atoms with Crippen LogP contribution in [0.3, 0.4) is 0 Å². The number of aryl methyl sites for hydroxylation is 1. The predicted molar refractivity (Wildman–Crippen MR) is 73.8 cm³/mol. The van der Waals surface area contributed by atoms with Crippen LogP contribution in [0, 0.1) is 0 Å². The van der Waals surface area contributed by atoms with Gasteiger partial charge in [-0.05, 0) is 18.4 Å². The fraction of sp³-hybridized carbons (Fsp3) is 0.200. The van der Waals surface area contributed by atoms with Gasteiger partial charge in [0.05, 0.1) is 7.11 Å². The molecule has 0 aliphatic rings. The Bertz CT molecular complexity index is 435. The minimum absolute atomic E-state index is 0.319. The topological polar surface area (TPSA) is 63.6 Å². The molecule has 1 rings (SSSR count). The Labute approximate surface area is 113 Å². The Morgan fingerprint density at radius 1 is 1.32 bits per heavy atom. The molecule has 19 heavy (non-hydrogen) atoms. The van der Waals surface area contributed by atoms with Gasteiger partial charge in [0.2, 0.25) is 0 Å². The zero-order chi connectivity index (χ0) is 14.7. The molecule has 0 spiro atoms. The molecule has 1 N–H and O–H groups in total. The first-order valence-corrected chi connectivity index (χ1v) is 5.66. The molecule has 0 aromatic heterocycles. The lowest BCUT2D eigenvalue weighted by Gasteiger charge is -2.03. The summed E-state index contributed by atoms with van der Waals surface area (Å²) < 4.78 is 4.56. The zero-order valence-electron chi connectivity index (χ0n) is 11.0. The van der Waals surface area contributed by atoms with E-state index in [0.29, 0.717) is 12.0 Å². The van der Waals surface area contributed by atoms with E-state index in [-0.39, 0.29) is 5.97 Å². The van der Waals surface area contributed by atoms with Crippen molar-refractivity contribution in [2.75, 3.05) is 7.11 Å². The van der Waals surface area contributed by atoms with E-state index in [1.54, 1.807) is 0 Å². The van der Waals surface area contributed by atoms with Gasteiger partial charge in [0.15, 0.2) is 0 Å². The van der Waals surface area contributed by atoms with Gasteiger partial charge in [-0.3, -0.25) is 0 Å². The number of hydrogen-bond acceptors (Lipinski definition) is 3. The normalized spacial score (nSPS) is 8.68. The first-order valence-electron chi connectivity index (χ1n) is 5.66. The van der Waals surface area contributed by atoms with Crippen LogP contribution in [0.25, 0.3) is 0 Å². The minimum Gasteiger partial charge on any atom is -0.478 e. The number of hydrogen-bond donors (Lipinski definition) is 1. The standard InChI is InChI=1S/C12H14O2.C3H4O2/c1-10(12(13)14-2)8-9-11-6-4-3-5-7-11;1-2-3(4)5/h3-7H,1,8-9H2,2H3;2H,1H2,(H,4,5). The molecule has 4 nitrogen and oxygen atoms in total. The van der Waals surface area contributed by atoms with E-state index in [4.69, 9.17) is 5.11 Å². The molecule has 0 aliphatic carbocycles. The van der Waals surface area contributed by atoms with Crippen molar-refractivity contribution in [3.63, 3.8) is 0 Å². The Hall–Kier alpha value is -2.36. The van der Waals surface area contributed by atoms with Gasteiger partial charge in [-0.15, -0.1) is 0 Å². The second-order valence-electron chi connectivity index (χ2n) is 3.62. The lowest BCUT2D eigenvalue weighted by molar-refractivity contribution is -0.136. The summed E-state index contributed by atoms with van der Waals surface area (Å²) in [5.74, 6) is -1.30. The summed E-state index contributed by atoms with van der Waals surface area (Å²) in [6.07, 6.45) is 2.31. The smallest absolute Gasteiger partial charge is 0.333 e. The van der Waals surface area contributed by atoms with Gasteiger partial charge in [0.25, 0.3) is 0 Å². The Morgan fingerprint density at radius 2 is 1.84 bits per heavy atom. The highest BCUT2D eigenvalue weighted by Crippen LogP contribution is 2.08. The highest BCUT2D eigenvalue weighted by molar-refractivity contribution is 5.87. The van der Waals surface area contributed by atoms with Crippen LogP contribution >= 0.6 is 0 Å². The van der Waals surface area contributed by atoms with Crippen molar-refractivity contribution in [2.24, 2.45) is 0 Å². The van der Waals surface area contributed by atoms with Gasteiger partial charge in [0.1, 0.15) is 0 Å². The molecular weight excluding hydrogens is 244 g/mol. The molecule has 0 heterocycles. The van der Waals surface area contributed by atoms with E-state index in [1.165, 1.54) is 12.7 Å². The summed E-state index contributed by atoms with van der Waals surface area (Å²) in [5.41, 5.74) is 1.73. The number of esters is 1. The minimum atomic E-state index is -0.981. The largest absolute Gasteiger partial charge is 0.478 e. The number of methoxy groups -OCH3 is 1. The fourth-order valence-corrected chi connectivity index (χ4v) is 1.19. The average Bonchev–Trinajstić information content (AvgIpc) is 2.45. The number of ether oxygens (including phenoxy) is 1. The van der Waals surface area contributed by atoms with Gasteiger partial charge >= 0.3 is 11.9 Å². The summed E-state index contributed by atoms with van der Waals surface area (Å²) in [6, 6.07) is 10.0. The zero-order valence-corrected chi connectivity index (χ0v) is 11.0. The highest BCUT2D eigenvalue weighted by atomic mass is 16.5. The monoisotopic (exact) mass is 262 g/mol. The summed E-state index contributed by atoms with van der Waals surface area (Å²) in [6.45, 7) is 6.63. The van der Waals surface area contributed by atoms with Gasteiger partial charge in [-0.2, -0.15) is 0 Å². The van der Waals surface area contributed by atoms with Crippen molar-refractivity contribution < 1.29 is 19.4 Å². The van der Waals surface area contributed by atoms with Crippen LogP contribution < -0.4 is 0 Å². The molecule has 4 heteroatoms. The van der Waals surface area contributed by atoms with Gasteiger partial charge in [0, 0.05) is 11.6 Å². The van der Waals surface area contributed by atoms with Gasteiger partial charge < -0.3 is 9.84 Å². The number of carboxylic acid groups (broad SMARTS) is 1. The average molecular weight is 262 g/mol. The third kappa shape index (κ3) is 8.37. The maximum atomic E-state index is 11.0. The van der Waals surface area contributed by atoms with Crippen LogP contribution in [0.4, 0.5) is 0 Å². The Kier molecular flexibility index (Phi) is 8.45. The molecule has 102 valence electrons. The molecule has 0 bridgehead atoms. The SMILES string of the molecule is C=C(CCc1ccccc1)C(=O)OC.C=CC(=O)O. The number of aliphatic carboxylic acids is 1. The molecule has 0 aliphatic heterocycles. The summed E-state index contributed by atoms with van der Waals surface area (Å²) in [7, 11) is 1.37. The number of carbonyl (C=O) groups excluding carboxylic acids is 1. The van der Waals surface area contributed by atoms with Crippen LogP contribution in [0.5, 0.6) is 0 Å². The van der Waals surface area contributed by atoms with Crippen molar-refractivity contribution in [2.45, 2.75) is 12.8 Å². The highest BCUT2D eigenvalue weighted by Gasteiger charge is 2.05. The first kappa shape index (κ1) is 16.6. The lowest BCUT2D eigenvalue weighted by atomic mass is 10.1. The number of carbonyl (C=O) groups is 2. The molecule has 1 aromatic carbocycles. The molecular formula is C15H18O4. The van der Waals surface area contributed by atoms with Crippen LogP contribution in [0.1, 0.15) is 12.0 Å². The summed E-state index contributed by atoms with van der Waals surface area (Å²) in [4.78, 5) is 20.3. The number of rotatable bonds is 5. The van der Waals surface area contributed by atoms with Gasteiger partial charge in [-0.1, -0.05) is 43.5 Å². The molecule has 0 saturated carbocycles. The van der Waals surface area contributed by atoms with E-state index >= 15 is 0 Å². The van der Waals surface area contributed by atoms with Crippen molar-refractivity contribution >= 4 is 11.9 Å². The molecule has 0 unspecified atom stereocenters. The van der Waals surface area contributed by atoms with E-state index < -0.39 is 5.97 Å². The summed E-state index contributed by atoms with van der Waals surface area (Å²) >= 11 is 0.